The number of aryl methyl sites for hydroxylation is 2. The van der Waals surface area contributed by atoms with Gasteiger partial charge in [-0.1, -0.05) is 25.5 Å². The van der Waals surface area contributed by atoms with E-state index in [0.29, 0.717) is 35.4 Å². The lowest BCUT2D eigenvalue weighted by Gasteiger charge is -2.29. The Morgan fingerprint density at radius 1 is 0.786 bits per heavy atom. The number of benzene rings is 2. The van der Waals surface area contributed by atoms with Gasteiger partial charge in [-0.05, 0) is 85.6 Å². The fourth-order valence-corrected chi connectivity index (χ4v) is 4.27. The molecule has 1 saturated carbocycles. The normalized spacial score (nSPS) is 19.8. The van der Waals surface area contributed by atoms with Crippen LogP contribution in [0.15, 0.2) is 24.3 Å². The van der Waals surface area contributed by atoms with Crippen molar-refractivity contribution in [2.24, 2.45) is 5.92 Å². The summed E-state index contributed by atoms with van der Waals surface area (Å²) in [6.45, 7) is 1.93. The maximum absolute atomic E-state index is 14.5. The second-order valence-electron chi connectivity index (χ2n) is 7.82. The Bertz CT molecular complexity index is 799. The second-order valence-corrected chi connectivity index (χ2v) is 7.82. The van der Waals surface area contributed by atoms with Crippen LogP contribution in [0.25, 0.3) is 0 Å². The molecule has 28 heavy (non-hydrogen) atoms. The molecule has 0 atom stereocenters. The summed E-state index contributed by atoms with van der Waals surface area (Å²) in [4.78, 5) is 0. The largest absolute Gasteiger partial charge is 0.204 e. The highest BCUT2D eigenvalue weighted by atomic mass is 19.2. The molecule has 1 aliphatic rings. The molecule has 0 amide bonds. The van der Waals surface area contributed by atoms with Gasteiger partial charge in [-0.25, -0.2) is 22.0 Å². The highest BCUT2D eigenvalue weighted by Crippen LogP contribution is 2.39. The Hall–Kier alpha value is -1.91. The molecule has 2 aromatic carbocycles. The zero-order chi connectivity index (χ0) is 20.3. The minimum Gasteiger partial charge on any atom is -0.204 e. The first-order chi connectivity index (χ1) is 13.4. The minimum absolute atomic E-state index is 0.00198. The SMILES string of the molecule is CCCc1ccc(C2CCC(CCc3cc(F)c(F)c(F)c3)CC2)c(F)c1F. The Balaban J connectivity index is 1.57. The molecule has 0 spiro atoms. The lowest BCUT2D eigenvalue weighted by Crippen LogP contribution is -2.16. The lowest BCUT2D eigenvalue weighted by atomic mass is 9.76. The van der Waals surface area contributed by atoms with Gasteiger partial charge in [0.1, 0.15) is 0 Å². The molecule has 0 N–H and O–H groups in total. The van der Waals surface area contributed by atoms with Crippen LogP contribution in [0.1, 0.15) is 68.1 Å². The van der Waals surface area contributed by atoms with E-state index in [0.717, 1.165) is 50.7 Å². The maximum atomic E-state index is 14.5. The highest BCUT2D eigenvalue weighted by Gasteiger charge is 2.26. The van der Waals surface area contributed by atoms with Crippen LogP contribution in [-0.4, -0.2) is 0 Å². The minimum atomic E-state index is -1.44. The maximum Gasteiger partial charge on any atom is 0.194 e. The van der Waals surface area contributed by atoms with Gasteiger partial charge in [0.15, 0.2) is 29.1 Å². The Labute approximate surface area is 162 Å². The van der Waals surface area contributed by atoms with Crippen molar-refractivity contribution in [3.8, 4) is 0 Å². The fraction of sp³-hybridized carbons (Fsp3) is 0.478. The molecule has 0 aliphatic heterocycles. The molecular weight excluding hydrogens is 371 g/mol. The Kier molecular flexibility index (Phi) is 6.73. The van der Waals surface area contributed by atoms with E-state index in [1.807, 2.05) is 6.92 Å². The molecule has 0 saturated heterocycles. The zero-order valence-corrected chi connectivity index (χ0v) is 16.0. The van der Waals surface area contributed by atoms with Crippen molar-refractivity contribution in [3.63, 3.8) is 0 Å². The molecule has 0 radical (unpaired) electrons. The van der Waals surface area contributed by atoms with E-state index in [1.54, 1.807) is 12.1 Å². The number of halogens is 5. The van der Waals surface area contributed by atoms with Crippen molar-refractivity contribution in [1.82, 2.24) is 0 Å². The number of hydrogen-bond acceptors (Lipinski definition) is 0. The summed E-state index contributed by atoms with van der Waals surface area (Å²) in [6.07, 6.45) is 5.74. The third-order valence-electron chi connectivity index (χ3n) is 5.88. The van der Waals surface area contributed by atoms with E-state index in [-0.39, 0.29) is 5.92 Å². The van der Waals surface area contributed by atoms with Gasteiger partial charge in [0.2, 0.25) is 0 Å². The summed E-state index contributed by atoms with van der Waals surface area (Å²) in [5, 5.41) is 0. The first kappa shape index (κ1) is 20.8. The molecule has 3 rings (SSSR count). The van der Waals surface area contributed by atoms with Crippen molar-refractivity contribution in [2.45, 2.75) is 64.2 Å². The van der Waals surface area contributed by atoms with E-state index in [2.05, 4.69) is 0 Å². The molecule has 0 aromatic heterocycles. The molecule has 1 aliphatic carbocycles. The van der Waals surface area contributed by atoms with Gasteiger partial charge < -0.3 is 0 Å². The van der Waals surface area contributed by atoms with E-state index in [9.17, 15) is 22.0 Å². The van der Waals surface area contributed by atoms with E-state index < -0.39 is 29.1 Å². The second kappa shape index (κ2) is 9.06. The standard InChI is InChI=1S/C23H25F5/c1-2-3-17-10-11-18(22(27)21(17)26)16-8-6-14(7-9-16)4-5-15-12-19(24)23(28)20(25)13-15/h10-14,16H,2-9H2,1H3. The summed E-state index contributed by atoms with van der Waals surface area (Å²) in [5.74, 6) is -4.84. The van der Waals surface area contributed by atoms with Gasteiger partial charge >= 0.3 is 0 Å². The molecule has 0 heterocycles. The summed E-state index contributed by atoms with van der Waals surface area (Å²) in [7, 11) is 0. The first-order valence-electron chi connectivity index (χ1n) is 10.0. The van der Waals surface area contributed by atoms with E-state index in [4.69, 9.17) is 0 Å². The van der Waals surface area contributed by atoms with Crippen LogP contribution >= 0.6 is 0 Å². The zero-order valence-electron chi connectivity index (χ0n) is 16.0. The van der Waals surface area contributed by atoms with Crippen LogP contribution in [0.3, 0.4) is 0 Å². The summed E-state index contributed by atoms with van der Waals surface area (Å²) < 4.78 is 68.3. The summed E-state index contributed by atoms with van der Waals surface area (Å²) in [6, 6.07) is 5.50. The molecule has 1 fully saturated rings. The Morgan fingerprint density at radius 3 is 2.04 bits per heavy atom. The highest BCUT2D eigenvalue weighted by molar-refractivity contribution is 5.29. The van der Waals surface area contributed by atoms with Crippen LogP contribution in [0.5, 0.6) is 0 Å². The van der Waals surface area contributed by atoms with Gasteiger partial charge in [0.25, 0.3) is 0 Å². The van der Waals surface area contributed by atoms with E-state index in [1.165, 1.54) is 0 Å². The van der Waals surface area contributed by atoms with Crippen LogP contribution in [0.4, 0.5) is 22.0 Å². The van der Waals surface area contributed by atoms with Crippen molar-refractivity contribution in [3.05, 3.63) is 70.0 Å². The summed E-state index contributed by atoms with van der Waals surface area (Å²) >= 11 is 0. The molecule has 0 unspecified atom stereocenters. The third kappa shape index (κ3) is 4.56. The van der Waals surface area contributed by atoms with Crippen LogP contribution in [-0.2, 0) is 12.8 Å². The van der Waals surface area contributed by atoms with Gasteiger partial charge in [-0.3, -0.25) is 0 Å². The summed E-state index contributed by atoms with van der Waals surface area (Å²) in [5.41, 5.74) is 1.33. The molecular formula is C23H25F5. The molecule has 0 bridgehead atoms. The van der Waals surface area contributed by atoms with Crippen molar-refractivity contribution >= 4 is 0 Å². The average molecular weight is 396 g/mol. The molecule has 2 aromatic rings. The monoisotopic (exact) mass is 396 g/mol. The fourth-order valence-electron chi connectivity index (χ4n) is 4.27. The Morgan fingerprint density at radius 2 is 1.43 bits per heavy atom. The first-order valence-corrected chi connectivity index (χ1v) is 10.0. The predicted octanol–water partition coefficient (Wildman–Crippen LogP) is 7.24. The molecule has 152 valence electrons. The van der Waals surface area contributed by atoms with Crippen LogP contribution in [0.2, 0.25) is 0 Å². The van der Waals surface area contributed by atoms with Crippen molar-refractivity contribution in [2.75, 3.05) is 0 Å². The average Bonchev–Trinajstić information content (AvgIpc) is 2.69. The van der Waals surface area contributed by atoms with E-state index >= 15 is 0 Å². The smallest absolute Gasteiger partial charge is 0.194 e. The van der Waals surface area contributed by atoms with Crippen molar-refractivity contribution < 1.29 is 22.0 Å². The lowest BCUT2D eigenvalue weighted by molar-refractivity contribution is 0.304. The van der Waals surface area contributed by atoms with Crippen LogP contribution in [0, 0.1) is 35.0 Å². The third-order valence-corrected chi connectivity index (χ3v) is 5.88. The number of hydrogen-bond donors (Lipinski definition) is 0. The van der Waals surface area contributed by atoms with Gasteiger partial charge in [0, 0.05) is 0 Å². The van der Waals surface area contributed by atoms with Crippen molar-refractivity contribution in [1.29, 1.82) is 0 Å². The molecule has 5 heteroatoms. The van der Waals surface area contributed by atoms with Gasteiger partial charge in [0.05, 0.1) is 0 Å². The van der Waals surface area contributed by atoms with Crippen LogP contribution < -0.4 is 0 Å². The predicted molar refractivity (Wildman–Crippen MR) is 99.7 cm³/mol. The molecule has 0 nitrogen and oxygen atoms in total. The quantitative estimate of drug-likeness (QED) is 0.357. The topological polar surface area (TPSA) is 0 Å². The number of rotatable bonds is 6. The van der Waals surface area contributed by atoms with Gasteiger partial charge in [-0.2, -0.15) is 0 Å². The van der Waals surface area contributed by atoms with Gasteiger partial charge in [-0.15, -0.1) is 0 Å².